The lowest BCUT2D eigenvalue weighted by atomic mass is 10.2. The van der Waals surface area contributed by atoms with Crippen molar-refractivity contribution in [1.82, 2.24) is 9.80 Å². The summed E-state index contributed by atoms with van der Waals surface area (Å²) in [6.45, 7) is 7.10. The SMILES string of the molecule is Cc1ccc(C(=O)CCC(=O)N2CCC(N3CCOCC3)C2)s1. The van der Waals surface area contributed by atoms with Crippen LogP contribution in [0.4, 0.5) is 0 Å². The number of morpholine rings is 1. The van der Waals surface area contributed by atoms with Crippen molar-refractivity contribution in [2.24, 2.45) is 0 Å². The topological polar surface area (TPSA) is 49.9 Å². The predicted molar refractivity (Wildman–Crippen MR) is 90.0 cm³/mol. The van der Waals surface area contributed by atoms with E-state index in [4.69, 9.17) is 4.74 Å². The van der Waals surface area contributed by atoms with Crippen LogP contribution >= 0.6 is 11.3 Å². The molecule has 0 saturated carbocycles. The summed E-state index contributed by atoms with van der Waals surface area (Å²) in [4.78, 5) is 30.7. The fraction of sp³-hybridized carbons (Fsp3) is 0.647. The molecule has 2 aliphatic heterocycles. The Morgan fingerprint density at radius 3 is 2.70 bits per heavy atom. The Bertz CT molecular complexity index is 566. The van der Waals surface area contributed by atoms with Gasteiger partial charge in [-0.05, 0) is 25.5 Å². The second-order valence-electron chi connectivity index (χ2n) is 6.26. The van der Waals surface area contributed by atoms with Crippen LogP contribution in [0.3, 0.4) is 0 Å². The molecule has 0 bridgehead atoms. The number of ether oxygens (including phenoxy) is 1. The molecule has 23 heavy (non-hydrogen) atoms. The average Bonchev–Trinajstić information content (AvgIpc) is 3.22. The molecule has 6 heteroatoms. The number of carbonyl (C=O) groups excluding carboxylic acids is 2. The number of carbonyl (C=O) groups is 2. The molecule has 0 radical (unpaired) electrons. The van der Waals surface area contributed by atoms with Gasteiger partial charge in [-0.3, -0.25) is 14.5 Å². The van der Waals surface area contributed by atoms with E-state index < -0.39 is 0 Å². The van der Waals surface area contributed by atoms with E-state index >= 15 is 0 Å². The minimum Gasteiger partial charge on any atom is -0.379 e. The molecule has 1 aromatic heterocycles. The van der Waals surface area contributed by atoms with Crippen LogP contribution in [0.15, 0.2) is 12.1 Å². The van der Waals surface area contributed by atoms with Crippen molar-refractivity contribution in [1.29, 1.82) is 0 Å². The lowest BCUT2D eigenvalue weighted by Gasteiger charge is -2.32. The summed E-state index contributed by atoms with van der Waals surface area (Å²) in [5.41, 5.74) is 0. The van der Waals surface area contributed by atoms with Gasteiger partial charge in [-0.25, -0.2) is 0 Å². The summed E-state index contributed by atoms with van der Waals surface area (Å²) in [6, 6.07) is 4.27. The van der Waals surface area contributed by atoms with Crippen LogP contribution in [0.25, 0.3) is 0 Å². The highest BCUT2D eigenvalue weighted by Gasteiger charge is 2.31. The number of thiophene rings is 1. The maximum atomic E-state index is 12.3. The molecule has 2 saturated heterocycles. The van der Waals surface area contributed by atoms with Gasteiger partial charge in [-0.2, -0.15) is 0 Å². The van der Waals surface area contributed by atoms with Gasteiger partial charge in [0.05, 0.1) is 18.1 Å². The van der Waals surface area contributed by atoms with Gasteiger partial charge < -0.3 is 9.64 Å². The van der Waals surface area contributed by atoms with Gasteiger partial charge in [0.15, 0.2) is 5.78 Å². The monoisotopic (exact) mass is 336 g/mol. The maximum absolute atomic E-state index is 12.3. The largest absolute Gasteiger partial charge is 0.379 e. The van der Waals surface area contributed by atoms with Crippen molar-refractivity contribution in [3.63, 3.8) is 0 Å². The van der Waals surface area contributed by atoms with E-state index in [0.29, 0.717) is 18.9 Å². The van der Waals surface area contributed by atoms with Crippen LogP contribution in [-0.2, 0) is 9.53 Å². The number of hydrogen-bond acceptors (Lipinski definition) is 5. The quantitative estimate of drug-likeness (QED) is 0.771. The zero-order valence-corrected chi connectivity index (χ0v) is 14.4. The third kappa shape index (κ3) is 4.19. The number of ketones is 1. The molecule has 1 aromatic rings. The summed E-state index contributed by atoms with van der Waals surface area (Å²) in [7, 11) is 0. The highest BCUT2D eigenvalue weighted by atomic mass is 32.1. The zero-order chi connectivity index (χ0) is 16.2. The third-order valence-electron chi connectivity index (χ3n) is 4.66. The zero-order valence-electron chi connectivity index (χ0n) is 13.6. The van der Waals surface area contributed by atoms with E-state index in [1.807, 2.05) is 24.0 Å². The smallest absolute Gasteiger partial charge is 0.223 e. The average molecular weight is 336 g/mol. The van der Waals surface area contributed by atoms with Crippen molar-refractivity contribution < 1.29 is 14.3 Å². The van der Waals surface area contributed by atoms with Gasteiger partial charge in [0.25, 0.3) is 0 Å². The summed E-state index contributed by atoms with van der Waals surface area (Å²) in [5, 5.41) is 0. The molecule has 1 amide bonds. The Kier molecular flexibility index (Phi) is 5.46. The normalized spacial score (nSPS) is 22.5. The molecule has 5 nitrogen and oxygen atoms in total. The first-order valence-electron chi connectivity index (χ1n) is 8.32. The molecule has 3 rings (SSSR count). The lowest BCUT2D eigenvalue weighted by Crippen LogP contribution is -2.45. The summed E-state index contributed by atoms with van der Waals surface area (Å²) in [6.07, 6.45) is 1.67. The Morgan fingerprint density at radius 1 is 1.22 bits per heavy atom. The first-order valence-corrected chi connectivity index (χ1v) is 9.14. The fourth-order valence-corrected chi connectivity index (χ4v) is 4.13. The van der Waals surface area contributed by atoms with Crippen LogP contribution in [-0.4, -0.2) is 66.9 Å². The van der Waals surface area contributed by atoms with Crippen LogP contribution in [0.1, 0.15) is 33.8 Å². The molecule has 0 spiro atoms. The van der Waals surface area contributed by atoms with Gasteiger partial charge in [0, 0.05) is 49.9 Å². The van der Waals surface area contributed by atoms with Crippen molar-refractivity contribution in [3.05, 3.63) is 21.9 Å². The van der Waals surface area contributed by atoms with E-state index in [1.165, 1.54) is 11.3 Å². The Hall–Kier alpha value is -1.24. The molecule has 2 aliphatic rings. The fourth-order valence-electron chi connectivity index (χ4n) is 3.30. The minimum atomic E-state index is 0.0837. The Balaban J connectivity index is 1.44. The van der Waals surface area contributed by atoms with Gasteiger partial charge in [0.2, 0.25) is 5.91 Å². The highest BCUT2D eigenvalue weighted by molar-refractivity contribution is 7.14. The predicted octanol–water partition coefficient (Wildman–Crippen LogP) is 1.95. The van der Waals surface area contributed by atoms with Gasteiger partial charge in [-0.1, -0.05) is 0 Å². The lowest BCUT2D eigenvalue weighted by molar-refractivity contribution is -0.130. The van der Waals surface area contributed by atoms with Gasteiger partial charge >= 0.3 is 0 Å². The summed E-state index contributed by atoms with van der Waals surface area (Å²) >= 11 is 1.51. The van der Waals surface area contributed by atoms with E-state index in [2.05, 4.69) is 4.90 Å². The highest BCUT2D eigenvalue weighted by Crippen LogP contribution is 2.20. The first-order chi connectivity index (χ1) is 11.1. The number of nitrogens with zero attached hydrogens (tertiary/aromatic N) is 2. The molecule has 1 unspecified atom stereocenters. The van der Waals surface area contributed by atoms with Crippen molar-refractivity contribution >= 4 is 23.0 Å². The number of amides is 1. The number of rotatable bonds is 5. The Morgan fingerprint density at radius 2 is 2.00 bits per heavy atom. The third-order valence-corrected chi connectivity index (χ3v) is 5.70. The van der Waals surface area contributed by atoms with Crippen LogP contribution < -0.4 is 0 Å². The van der Waals surface area contributed by atoms with Crippen molar-refractivity contribution in [3.8, 4) is 0 Å². The second-order valence-corrected chi connectivity index (χ2v) is 7.55. The first kappa shape index (κ1) is 16.6. The summed E-state index contributed by atoms with van der Waals surface area (Å²) < 4.78 is 5.38. The van der Waals surface area contributed by atoms with Gasteiger partial charge in [-0.15, -0.1) is 11.3 Å². The van der Waals surface area contributed by atoms with Crippen LogP contribution in [0, 0.1) is 6.92 Å². The molecule has 0 aromatic carbocycles. The van der Waals surface area contributed by atoms with Crippen LogP contribution in [0.2, 0.25) is 0 Å². The molecule has 0 aliphatic carbocycles. The molecular weight excluding hydrogens is 312 g/mol. The minimum absolute atomic E-state index is 0.0837. The number of Topliss-reactive ketones (excluding diaryl/α,β-unsaturated/α-hetero) is 1. The molecule has 126 valence electrons. The summed E-state index contributed by atoms with van der Waals surface area (Å²) in [5.74, 6) is 0.197. The second kappa shape index (κ2) is 7.55. The number of likely N-dealkylation sites (tertiary alicyclic amines) is 1. The molecule has 1 atom stereocenters. The standard InChI is InChI=1S/C17H24N2O3S/c1-13-2-4-16(23-13)15(20)3-5-17(21)19-7-6-14(12-19)18-8-10-22-11-9-18/h2,4,14H,3,5-12H2,1H3. The number of hydrogen-bond donors (Lipinski definition) is 0. The molecule has 2 fully saturated rings. The van der Waals surface area contributed by atoms with E-state index in [0.717, 1.165) is 55.6 Å². The maximum Gasteiger partial charge on any atom is 0.223 e. The molecule has 0 N–H and O–H groups in total. The van der Waals surface area contributed by atoms with Crippen molar-refractivity contribution in [2.75, 3.05) is 39.4 Å². The number of aryl methyl sites for hydroxylation is 1. The van der Waals surface area contributed by atoms with Gasteiger partial charge in [0.1, 0.15) is 0 Å². The van der Waals surface area contributed by atoms with Crippen LogP contribution in [0.5, 0.6) is 0 Å². The molecular formula is C17H24N2O3S. The molecule has 3 heterocycles. The van der Waals surface area contributed by atoms with Crippen molar-refractivity contribution in [2.45, 2.75) is 32.2 Å². The van der Waals surface area contributed by atoms with E-state index in [1.54, 1.807) is 0 Å². The Labute approximate surface area is 141 Å². The van der Waals surface area contributed by atoms with E-state index in [-0.39, 0.29) is 11.7 Å². The van der Waals surface area contributed by atoms with E-state index in [9.17, 15) is 9.59 Å².